The van der Waals surface area contributed by atoms with E-state index in [1.165, 1.54) is 48.5 Å². The Hall–Kier alpha value is -2.38. The van der Waals surface area contributed by atoms with Crippen LogP contribution in [0.25, 0.3) is 0 Å². The van der Waals surface area contributed by atoms with Crippen LogP contribution in [-0.2, 0) is 14.6 Å². The van der Waals surface area contributed by atoms with Gasteiger partial charge >= 0.3 is 0 Å². The van der Waals surface area contributed by atoms with Crippen molar-refractivity contribution in [1.29, 1.82) is 0 Å². The average molecular weight is 348 g/mol. The summed E-state index contributed by atoms with van der Waals surface area (Å²) in [6.07, 6.45) is 0.0293. The summed E-state index contributed by atoms with van der Waals surface area (Å²) in [4.78, 5) is 12.0. The maximum Gasteiger partial charge on any atom is 0.224 e. The van der Waals surface area contributed by atoms with Gasteiger partial charge in [-0.15, -0.1) is 0 Å². The number of carbonyl (C=O) groups is 1. The van der Waals surface area contributed by atoms with E-state index in [1.54, 1.807) is 6.92 Å². The van der Waals surface area contributed by atoms with E-state index in [0.717, 1.165) is 0 Å². The Kier molecular flexibility index (Phi) is 5.58. The van der Waals surface area contributed by atoms with Gasteiger partial charge in [0.15, 0.2) is 0 Å². The van der Waals surface area contributed by atoms with Crippen LogP contribution in [0.2, 0.25) is 0 Å². The van der Waals surface area contributed by atoms with Gasteiger partial charge in [0.1, 0.15) is 0 Å². The van der Waals surface area contributed by atoms with Crippen LogP contribution in [0.3, 0.4) is 0 Å². The van der Waals surface area contributed by atoms with Crippen molar-refractivity contribution in [3.05, 3.63) is 48.5 Å². The first-order valence-electron chi connectivity index (χ1n) is 7.47. The largest absolute Gasteiger partial charge is 0.399 e. The SMILES string of the molecule is CC(O)CCC(=O)Nc1ccc(S(=O)(=O)c2ccc(N)cc2)cc1. The summed E-state index contributed by atoms with van der Waals surface area (Å²) in [7, 11) is -3.62. The average Bonchev–Trinajstić information content (AvgIpc) is 2.54. The molecule has 0 fully saturated rings. The van der Waals surface area contributed by atoms with E-state index in [-0.39, 0.29) is 22.1 Å². The lowest BCUT2D eigenvalue weighted by atomic mass is 10.2. The fourth-order valence-electron chi connectivity index (χ4n) is 2.06. The van der Waals surface area contributed by atoms with Crippen LogP contribution in [0.1, 0.15) is 19.8 Å². The maximum atomic E-state index is 12.5. The molecule has 4 N–H and O–H groups in total. The van der Waals surface area contributed by atoms with Gasteiger partial charge in [0, 0.05) is 17.8 Å². The molecule has 0 aliphatic heterocycles. The molecule has 1 amide bonds. The molecule has 24 heavy (non-hydrogen) atoms. The zero-order valence-corrected chi connectivity index (χ0v) is 14.1. The number of nitrogens with one attached hydrogen (secondary N) is 1. The Morgan fingerprint density at radius 1 is 1.08 bits per heavy atom. The Morgan fingerprint density at radius 2 is 1.58 bits per heavy atom. The predicted molar refractivity (Wildman–Crippen MR) is 92.3 cm³/mol. The second-order valence-electron chi connectivity index (χ2n) is 5.53. The molecular formula is C17H20N2O4S. The first-order valence-corrected chi connectivity index (χ1v) is 8.96. The molecule has 0 aliphatic rings. The molecule has 2 aromatic carbocycles. The van der Waals surface area contributed by atoms with Crippen LogP contribution in [0.5, 0.6) is 0 Å². The molecule has 1 unspecified atom stereocenters. The van der Waals surface area contributed by atoms with Gasteiger partial charge in [0.25, 0.3) is 0 Å². The van der Waals surface area contributed by atoms with Crippen molar-refractivity contribution in [3.8, 4) is 0 Å². The van der Waals surface area contributed by atoms with Gasteiger partial charge < -0.3 is 16.2 Å². The van der Waals surface area contributed by atoms with Crippen LogP contribution in [0, 0.1) is 0 Å². The molecule has 0 bridgehead atoms. The second-order valence-corrected chi connectivity index (χ2v) is 7.48. The molecule has 7 heteroatoms. The van der Waals surface area contributed by atoms with Crippen LogP contribution >= 0.6 is 0 Å². The number of nitrogens with two attached hydrogens (primary N) is 1. The third-order valence-corrected chi connectivity index (χ3v) is 5.21. The van der Waals surface area contributed by atoms with E-state index in [9.17, 15) is 13.2 Å². The van der Waals surface area contributed by atoms with Crippen LogP contribution in [0.15, 0.2) is 58.3 Å². The minimum absolute atomic E-state index is 0.134. The predicted octanol–water partition coefficient (Wildman–Crippen LogP) is 2.20. The van der Waals surface area contributed by atoms with Crippen molar-refractivity contribution in [2.24, 2.45) is 0 Å². The van der Waals surface area contributed by atoms with E-state index in [0.29, 0.717) is 17.8 Å². The Morgan fingerprint density at radius 3 is 2.08 bits per heavy atom. The first kappa shape index (κ1) is 18.0. The van der Waals surface area contributed by atoms with E-state index in [2.05, 4.69) is 5.32 Å². The van der Waals surface area contributed by atoms with Crippen molar-refractivity contribution >= 4 is 27.1 Å². The third-order valence-electron chi connectivity index (χ3n) is 3.43. The van der Waals surface area contributed by atoms with Gasteiger partial charge in [0.2, 0.25) is 15.7 Å². The molecule has 0 aliphatic carbocycles. The molecule has 2 rings (SSSR count). The molecule has 0 saturated heterocycles. The maximum absolute atomic E-state index is 12.5. The fourth-order valence-corrected chi connectivity index (χ4v) is 3.32. The normalized spacial score (nSPS) is 12.6. The Bertz CT molecular complexity index is 797. The molecule has 0 radical (unpaired) electrons. The molecule has 0 aromatic heterocycles. The standard InChI is InChI=1S/C17H20N2O4S/c1-12(20)2-11-17(21)19-14-5-9-16(10-6-14)24(22,23)15-7-3-13(18)4-8-15/h3-10,12,20H,2,11,18H2,1H3,(H,19,21). The molecule has 128 valence electrons. The van der Waals surface area contributed by atoms with Crippen molar-refractivity contribution in [2.75, 3.05) is 11.1 Å². The van der Waals surface area contributed by atoms with Gasteiger partial charge in [-0.1, -0.05) is 0 Å². The topological polar surface area (TPSA) is 109 Å². The van der Waals surface area contributed by atoms with Gasteiger partial charge in [-0.25, -0.2) is 8.42 Å². The minimum atomic E-state index is -3.62. The number of hydrogen-bond acceptors (Lipinski definition) is 5. The summed E-state index contributed by atoms with van der Waals surface area (Å²) in [6, 6.07) is 11.9. The number of anilines is 2. The Balaban J connectivity index is 2.11. The molecular weight excluding hydrogens is 328 g/mol. The van der Waals surface area contributed by atoms with Crippen LogP contribution in [-0.4, -0.2) is 25.5 Å². The van der Waals surface area contributed by atoms with Crippen molar-refractivity contribution in [1.82, 2.24) is 0 Å². The number of aliphatic hydroxyl groups excluding tert-OH is 1. The fraction of sp³-hybridized carbons (Fsp3) is 0.235. The molecule has 0 heterocycles. The molecule has 0 saturated carbocycles. The highest BCUT2D eigenvalue weighted by Crippen LogP contribution is 2.23. The number of sulfone groups is 1. The van der Waals surface area contributed by atoms with Crippen molar-refractivity contribution < 1.29 is 18.3 Å². The highest BCUT2D eigenvalue weighted by molar-refractivity contribution is 7.91. The number of aliphatic hydroxyl groups is 1. The summed E-state index contributed by atoms with van der Waals surface area (Å²) in [5.41, 5.74) is 6.56. The number of hydrogen-bond donors (Lipinski definition) is 3. The monoisotopic (exact) mass is 348 g/mol. The molecule has 1 atom stereocenters. The minimum Gasteiger partial charge on any atom is -0.399 e. The van der Waals surface area contributed by atoms with Crippen molar-refractivity contribution in [3.63, 3.8) is 0 Å². The zero-order valence-electron chi connectivity index (χ0n) is 13.3. The van der Waals surface area contributed by atoms with Crippen LogP contribution < -0.4 is 11.1 Å². The summed E-state index contributed by atoms with van der Waals surface area (Å²) >= 11 is 0. The number of amides is 1. The smallest absolute Gasteiger partial charge is 0.224 e. The number of carbonyl (C=O) groups excluding carboxylic acids is 1. The highest BCUT2D eigenvalue weighted by atomic mass is 32.2. The molecule has 2 aromatic rings. The number of nitrogen functional groups attached to an aromatic ring is 1. The zero-order chi connectivity index (χ0) is 17.7. The van der Waals surface area contributed by atoms with Gasteiger partial charge in [-0.2, -0.15) is 0 Å². The quantitative estimate of drug-likeness (QED) is 0.693. The lowest BCUT2D eigenvalue weighted by molar-refractivity contribution is -0.116. The van der Waals surface area contributed by atoms with E-state index < -0.39 is 15.9 Å². The van der Waals surface area contributed by atoms with Crippen LogP contribution in [0.4, 0.5) is 11.4 Å². The van der Waals surface area contributed by atoms with Crippen molar-refractivity contribution in [2.45, 2.75) is 35.7 Å². The first-order chi connectivity index (χ1) is 11.3. The number of benzene rings is 2. The van der Waals surface area contributed by atoms with E-state index in [1.807, 2.05) is 0 Å². The van der Waals surface area contributed by atoms with E-state index in [4.69, 9.17) is 10.8 Å². The third kappa shape index (κ3) is 4.56. The van der Waals surface area contributed by atoms with Gasteiger partial charge in [-0.3, -0.25) is 4.79 Å². The number of rotatable bonds is 6. The van der Waals surface area contributed by atoms with Gasteiger partial charge in [0.05, 0.1) is 15.9 Å². The molecule has 6 nitrogen and oxygen atoms in total. The summed E-state index contributed by atoms with van der Waals surface area (Å²) < 4.78 is 25.0. The van der Waals surface area contributed by atoms with Gasteiger partial charge in [-0.05, 0) is 61.9 Å². The lowest BCUT2D eigenvalue weighted by Gasteiger charge is -2.08. The van der Waals surface area contributed by atoms with E-state index >= 15 is 0 Å². The molecule has 0 spiro atoms. The lowest BCUT2D eigenvalue weighted by Crippen LogP contribution is -2.14. The summed E-state index contributed by atoms with van der Waals surface area (Å²) in [6.45, 7) is 1.62. The highest BCUT2D eigenvalue weighted by Gasteiger charge is 2.17. The Labute approximate surface area is 141 Å². The summed E-state index contributed by atoms with van der Waals surface area (Å²) in [5.74, 6) is -0.231. The second kappa shape index (κ2) is 7.46. The summed E-state index contributed by atoms with van der Waals surface area (Å²) in [5, 5.41) is 11.8.